The van der Waals surface area contributed by atoms with Gasteiger partial charge in [0, 0.05) is 44.0 Å². The van der Waals surface area contributed by atoms with Crippen molar-refractivity contribution in [1.82, 2.24) is 15.2 Å². The molecular formula is C24H29N5O5. The van der Waals surface area contributed by atoms with E-state index in [0.717, 1.165) is 18.9 Å². The molecule has 2 unspecified atom stereocenters. The van der Waals surface area contributed by atoms with Gasteiger partial charge in [-0.3, -0.25) is 14.9 Å². The molecule has 0 bridgehead atoms. The van der Waals surface area contributed by atoms with E-state index in [9.17, 15) is 9.59 Å². The van der Waals surface area contributed by atoms with Gasteiger partial charge in [-0.2, -0.15) is 0 Å². The number of pyridine rings is 1. The van der Waals surface area contributed by atoms with E-state index in [1.54, 1.807) is 38.4 Å². The Morgan fingerprint density at radius 1 is 1.09 bits per heavy atom. The first-order chi connectivity index (χ1) is 16.5. The van der Waals surface area contributed by atoms with Crippen LogP contribution in [0.1, 0.15) is 18.5 Å². The number of benzene rings is 1. The number of carbonyl (C=O) groups is 2. The summed E-state index contributed by atoms with van der Waals surface area (Å²) in [6.07, 6.45) is 1.77. The molecular weight excluding hydrogens is 438 g/mol. The van der Waals surface area contributed by atoms with Crippen molar-refractivity contribution in [1.29, 1.82) is 0 Å². The van der Waals surface area contributed by atoms with Crippen LogP contribution in [0.5, 0.6) is 11.5 Å². The number of aromatic nitrogens is 1. The van der Waals surface area contributed by atoms with Crippen LogP contribution in [-0.2, 0) is 14.3 Å². The van der Waals surface area contributed by atoms with E-state index in [0.29, 0.717) is 36.1 Å². The number of amides is 1. The number of carbonyl (C=O) groups excluding carboxylic acids is 2. The fourth-order valence-electron chi connectivity index (χ4n) is 4.20. The Kier molecular flexibility index (Phi) is 7.15. The van der Waals surface area contributed by atoms with Crippen LogP contribution in [0.4, 0.5) is 5.82 Å². The smallest absolute Gasteiger partial charge is 0.321 e. The fourth-order valence-corrected chi connectivity index (χ4v) is 4.20. The number of guanidine groups is 1. The maximum atomic E-state index is 13.2. The number of ether oxygens (including phenoxy) is 3. The number of anilines is 1. The molecule has 34 heavy (non-hydrogen) atoms. The van der Waals surface area contributed by atoms with Gasteiger partial charge in [0.05, 0.1) is 20.8 Å². The minimum Gasteiger partial charge on any atom is -0.497 e. The van der Waals surface area contributed by atoms with E-state index in [2.05, 4.69) is 15.2 Å². The first kappa shape index (κ1) is 23.3. The first-order valence-corrected chi connectivity index (χ1v) is 11.2. The summed E-state index contributed by atoms with van der Waals surface area (Å²) < 4.78 is 16.0. The maximum absolute atomic E-state index is 13.2. The first-order valence-electron chi connectivity index (χ1n) is 11.2. The van der Waals surface area contributed by atoms with Gasteiger partial charge in [0.15, 0.2) is 5.92 Å². The number of nitrogens with zero attached hydrogens (tertiary/aromatic N) is 4. The SMILES string of the molecule is CCOC(=O)C1C(=O)NC(N2CCN(c3ccccn3)CC2)=NC1c1ccc(OC)cc1OC. The van der Waals surface area contributed by atoms with Crippen LogP contribution in [-0.4, -0.2) is 74.7 Å². The highest BCUT2D eigenvalue weighted by Crippen LogP contribution is 2.38. The summed E-state index contributed by atoms with van der Waals surface area (Å²) in [5.41, 5.74) is 0.612. The Hall–Kier alpha value is -3.82. The van der Waals surface area contributed by atoms with Gasteiger partial charge in [-0.05, 0) is 31.2 Å². The summed E-state index contributed by atoms with van der Waals surface area (Å²) in [5, 5.41) is 2.83. The minimum atomic E-state index is -1.12. The summed E-state index contributed by atoms with van der Waals surface area (Å²) in [4.78, 5) is 39.3. The van der Waals surface area contributed by atoms with Crippen LogP contribution in [0.15, 0.2) is 47.6 Å². The quantitative estimate of drug-likeness (QED) is 0.505. The standard InChI is InChI=1S/C24H29N5O5/c1-4-34-23(31)20-21(17-9-8-16(32-2)15-18(17)33-3)26-24(27-22(20)30)29-13-11-28(12-14-29)19-7-5-6-10-25-19/h5-10,15,20-21H,4,11-14H2,1-3H3,(H,26,27,30). The van der Waals surface area contributed by atoms with Crippen LogP contribution in [0.25, 0.3) is 0 Å². The molecule has 2 atom stereocenters. The lowest BCUT2D eigenvalue weighted by molar-refractivity contribution is -0.153. The number of hydrogen-bond donors (Lipinski definition) is 1. The fraction of sp³-hybridized carbons (Fsp3) is 0.417. The van der Waals surface area contributed by atoms with Crippen LogP contribution >= 0.6 is 0 Å². The number of esters is 1. The number of hydrogen-bond acceptors (Lipinski definition) is 9. The highest BCUT2D eigenvalue weighted by atomic mass is 16.5. The normalized spacial score (nSPS) is 20.3. The molecule has 3 heterocycles. The zero-order valence-corrected chi connectivity index (χ0v) is 19.6. The molecule has 4 rings (SSSR count). The van der Waals surface area contributed by atoms with E-state index < -0.39 is 23.8 Å². The van der Waals surface area contributed by atoms with Crippen molar-refractivity contribution in [2.75, 3.05) is 51.9 Å². The van der Waals surface area contributed by atoms with Gasteiger partial charge in [0.25, 0.3) is 0 Å². The molecule has 0 spiro atoms. The van der Waals surface area contributed by atoms with Crippen LogP contribution < -0.4 is 19.7 Å². The van der Waals surface area contributed by atoms with Crippen molar-refractivity contribution < 1.29 is 23.8 Å². The van der Waals surface area contributed by atoms with Crippen LogP contribution in [0.3, 0.4) is 0 Å². The van der Waals surface area contributed by atoms with Gasteiger partial charge in [-0.1, -0.05) is 6.07 Å². The number of nitrogens with one attached hydrogen (secondary N) is 1. The maximum Gasteiger partial charge on any atom is 0.321 e. The molecule has 1 amide bonds. The molecule has 0 radical (unpaired) electrons. The van der Waals surface area contributed by atoms with E-state index in [1.807, 2.05) is 23.1 Å². The molecule has 2 aromatic rings. The zero-order valence-electron chi connectivity index (χ0n) is 19.6. The van der Waals surface area contributed by atoms with Crippen molar-refractivity contribution >= 4 is 23.7 Å². The van der Waals surface area contributed by atoms with Gasteiger partial charge in [-0.15, -0.1) is 0 Å². The van der Waals surface area contributed by atoms with E-state index in [1.165, 1.54) is 7.11 Å². The average Bonchev–Trinajstić information content (AvgIpc) is 2.88. The lowest BCUT2D eigenvalue weighted by Crippen LogP contribution is -2.57. The molecule has 1 aromatic carbocycles. The largest absolute Gasteiger partial charge is 0.497 e. The Morgan fingerprint density at radius 3 is 2.50 bits per heavy atom. The molecule has 2 aliphatic rings. The van der Waals surface area contributed by atoms with Gasteiger partial charge < -0.3 is 24.0 Å². The summed E-state index contributed by atoms with van der Waals surface area (Å²) in [7, 11) is 3.09. The highest BCUT2D eigenvalue weighted by Gasteiger charge is 2.43. The minimum absolute atomic E-state index is 0.168. The number of methoxy groups -OCH3 is 2. The van der Waals surface area contributed by atoms with Crippen LogP contribution in [0, 0.1) is 5.92 Å². The predicted octanol–water partition coefficient (Wildman–Crippen LogP) is 1.63. The second kappa shape index (κ2) is 10.4. The average molecular weight is 468 g/mol. The molecule has 2 aliphatic heterocycles. The molecule has 1 saturated heterocycles. The Labute approximate surface area is 198 Å². The summed E-state index contributed by atoms with van der Waals surface area (Å²) in [6, 6.07) is 10.3. The Bertz CT molecular complexity index is 1050. The monoisotopic (exact) mass is 467 g/mol. The third kappa shape index (κ3) is 4.75. The number of piperazine rings is 1. The Morgan fingerprint density at radius 2 is 1.85 bits per heavy atom. The molecule has 180 valence electrons. The second-order valence-corrected chi connectivity index (χ2v) is 7.89. The molecule has 1 N–H and O–H groups in total. The lowest BCUT2D eigenvalue weighted by atomic mass is 9.90. The number of rotatable bonds is 6. The predicted molar refractivity (Wildman–Crippen MR) is 126 cm³/mol. The van der Waals surface area contributed by atoms with Crippen molar-refractivity contribution in [3.8, 4) is 11.5 Å². The molecule has 1 fully saturated rings. The van der Waals surface area contributed by atoms with E-state index >= 15 is 0 Å². The molecule has 0 aliphatic carbocycles. The van der Waals surface area contributed by atoms with Gasteiger partial charge in [-0.25, -0.2) is 9.98 Å². The van der Waals surface area contributed by atoms with Gasteiger partial charge >= 0.3 is 5.97 Å². The third-order valence-corrected chi connectivity index (χ3v) is 5.95. The van der Waals surface area contributed by atoms with E-state index in [4.69, 9.17) is 19.2 Å². The van der Waals surface area contributed by atoms with Crippen molar-refractivity contribution in [3.05, 3.63) is 48.2 Å². The summed E-state index contributed by atoms with van der Waals surface area (Å²) in [5.74, 6) is 0.249. The van der Waals surface area contributed by atoms with Crippen molar-refractivity contribution in [2.45, 2.75) is 13.0 Å². The highest BCUT2D eigenvalue weighted by molar-refractivity contribution is 6.08. The molecule has 10 heteroatoms. The molecule has 1 aromatic heterocycles. The lowest BCUT2D eigenvalue weighted by Gasteiger charge is -2.39. The van der Waals surface area contributed by atoms with Crippen molar-refractivity contribution in [2.24, 2.45) is 10.9 Å². The molecule has 10 nitrogen and oxygen atoms in total. The van der Waals surface area contributed by atoms with Crippen molar-refractivity contribution in [3.63, 3.8) is 0 Å². The second-order valence-electron chi connectivity index (χ2n) is 7.89. The number of aliphatic imine (C=N–C) groups is 1. The zero-order chi connectivity index (χ0) is 24.1. The third-order valence-electron chi connectivity index (χ3n) is 5.95. The summed E-state index contributed by atoms with van der Waals surface area (Å²) >= 11 is 0. The van der Waals surface area contributed by atoms with E-state index in [-0.39, 0.29) is 6.61 Å². The topological polar surface area (TPSA) is 106 Å². The van der Waals surface area contributed by atoms with Crippen LogP contribution in [0.2, 0.25) is 0 Å². The Balaban J connectivity index is 1.63. The molecule has 0 saturated carbocycles. The van der Waals surface area contributed by atoms with Gasteiger partial charge in [0.1, 0.15) is 23.4 Å². The van der Waals surface area contributed by atoms with Gasteiger partial charge in [0.2, 0.25) is 11.9 Å². The summed E-state index contributed by atoms with van der Waals surface area (Å²) in [6.45, 7) is 4.62.